The Kier molecular flexibility index (Phi) is 10.1. The number of likely N-dealkylation sites (tertiary alicyclic amines) is 1. The molecule has 2 amide bonds. The van der Waals surface area contributed by atoms with Gasteiger partial charge in [0.05, 0.1) is 45.1 Å². The molecule has 0 aromatic heterocycles. The van der Waals surface area contributed by atoms with Crippen LogP contribution in [0.4, 0.5) is 10.5 Å². The Hall–Kier alpha value is -3.39. The average Bonchev–Trinajstić information content (AvgIpc) is 3.70. The van der Waals surface area contributed by atoms with Gasteiger partial charge in [0.1, 0.15) is 11.6 Å². The molecule has 6 aliphatic heterocycles. The molecule has 2 bridgehead atoms. The van der Waals surface area contributed by atoms with Crippen molar-refractivity contribution in [1.82, 2.24) is 9.80 Å². The Bertz CT molecular complexity index is 1440. The summed E-state index contributed by atoms with van der Waals surface area (Å²) in [5, 5.41) is 16.5. The van der Waals surface area contributed by atoms with Crippen LogP contribution in [0.2, 0.25) is 0 Å². The van der Waals surface area contributed by atoms with Crippen LogP contribution in [0.3, 0.4) is 0 Å². The van der Waals surface area contributed by atoms with Crippen LogP contribution in [0.15, 0.2) is 23.8 Å². The summed E-state index contributed by atoms with van der Waals surface area (Å²) in [6.07, 6.45) is 5.80. The summed E-state index contributed by atoms with van der Waals surface area (Å²) in [5.74, 6) is 1.61. The summed E-state index contributed by atoms with van der Waals surface area (Å²) in [5.41, 5.74) is 3.27. The lowest BCUT2D eigenvalue weighted by Gasteiger charge is -2.58. The molecule has 1 aliphatic carbocycles. The van der Waals surface area contributed by atoms with E-state index in [2.05, 4.69) is 21.9 Å². The molecule has 4 saturated heterocycles. The van der Waals surface area contributed by atoms with Gasteiger partial charge in [-0.25, -0.2) is 9.59 Å². The van der Waals surface area contributed by atoms with E-state index in [0.29, 0.717) is 49.6 Å². The maximum atomic E-state index is 13.5. The first-order valence-electron chi connectivity index (χ1n) is 16.9. The lowest BCUT2D eigenvalue weighted by atomic mass is 9.53. The van der Waals surface area contributed by atoms with Gasteiger partial charge in [0, 0.05) is 43.1 Å². The van der Waals surface area contributed by atoms with Crippen molar-refractivity contribution < 1.29 is 49.0 Å². The first kappa shape index (κ1) is 35.9. The number of ether oxygens (including phenoxy) is 4. The lowest BCUT2D eigenvalue weighted by Crippen LogP contribution is -2.69. The van der Waals surface area contributed by atoms with Crippen LogP contribution >= 0.6 is 0 Å². The molecule has 48 heavy (non-hydrogen) atoms. The zero-order valence-electron chi connectivity index (χ0n) is 28.9. The quantitative estimate of drug-likeness (QED) is 0.455. The number of methoxy groups -OCH3 is 2. The van der Waals surface area contributed by atoms with Crippen molar-refractivity contribution in [2.45, 2.75) is 95.0 Å². The van der Waals surface area contributed by atoms with Crippen LogP contribution < -0.4 is 14.4 Å². The number of nitrogens with zero attached hydrogens (tertiary/aromatic N) is 3. The Morgan fingerprint density at radius 2 is 1.81 bits per heavy atom. The fourth-order valence-corrected chi connectivity index (χ4v) is 9.43. The number of fused-ring (bicyclic) bond motifs is 2. The van der Waals surface area contributed by atoms with E-state index in [9.17, 15) is 14.4 Å². The molecule has 4 N–H and O–H groups in total. The van der Waals surface area contributed by atoms with E-state index in [1.54, 1.807) is 47.5 Å². The van der Waals surface area contributed by atoms with Gasteiger partial charge in [0.15, 0.2) is 11.5 Å². The summed E-state index contributed by atoms with van der Waals surface area (Å²) < 4.78 is 22.7. The lowest BCUT2D eigenvalue weighted by molar-refractivity contribution is -0.142. The predicted molar refractivity (Wildman–Crippen MR) is 176 cm³/mol. The van der Waals surface area contributed by atoms with Crippen molar-refractivity contribution in [2.75, 3.05) is 52.0 Å². The normalized spacial score (nSPS) is 31.9. The average molecular weight is 674 g/mol. The third kappa shape index (κ3) is 5.72. The number of hydrogen-bond donors (Lipinski definition) is 2. The number of amides is 2. The van der Waals surface area contributed by atoms with Gasteiger partial charge in [0.25, 0.3) is 0 Å². The van der Waals surface area contributed by atoms with Crippen LogP contribution in [-0.4, -0.2) is 120 Å². The molecule has 266 valence electrons. The Labute approximate surface area is 282 Å². The molecule has 0 unspecified atom stereocenters. The number of carboxylic acid groups (broad SMARTS) is 1. The first-order valence-corrected chi connectivity index (χ1v) is 16.9. The number of aliphatic hydroxyl groups is 1. The molecule has 1 spiro atoms. The monoisotopic (exact) mass is 673 g/mol. The maximum Gasteiger partial charge on any atom is 0.411 e. The van der Waals surface area contributed by atoms with Gasteiger partial charge in [-0.15, -0.1) is 0 Å². The van der Waals surface area contributed by atoms with Crippen molar-refractivity contribution in [3.05, 3.63) is 29.3 Å². The Balaban J connectivity index is 0.000000203. The minimum atomic E-state index is -0.960. The van der Waals surface area contributed by atoms with E-state index in [-0.39, 0.29) is 35.6 Å². The number of piperidine rings is 2. The summed E-state index contributed by atoms with van der Waals surface area (Å²) in [6, 6.07) is 4.15. The van der Waals surface area contributed by atoms with Crippen LogP contribution in [-0.2, 0) is 24.5 Å². The predicted octanol–water partition coefficient (Wildman–Crippen LogP) is 2.75. The molecule has 7 aliphatic rings. The fourth-order valence-electron chi connectivity index (χ4n) is 9.43. The molecule has 0 radical (unpaired) electrons. The number of benzene rings is 1. The van der Waals surface area contributed by atoms with Crippen molar-refractivity contribution in [3.63, 3.8) is 0 Å². The van der Waals surface area contributed by atoms with Crippen LogP contribution in [0.25, 0.3) is 0 Å². The molecule has 1 saturated carbocycles. The third-order valence-electron chi connectivity index (χ3n) is 11.0. The van der Waals surface area contributed by atoms with Crippen molar-refractivity contribution >= 4 is 23.7 Å². The largest absolute Gasteiger partial charge is 0.493 e. The van der Waals surface area contributed by atoms with Gasteiger partial charge in [-0.1, -0.05) is 11.6 Å². The van der Waals surface area contributed by atoms with E-state index in [0.717, 1.165) is 37.4 Å². The molecular formula is C35H51N3O10. The summed E-state index contributed by atoms with van der Waals surface area (Å²) in [7, 11) is 3.36. The second-order valence-electron chi connectivity index (χ2n) is 14.5. The van der Waals surface area contributed by atoms with Gasteiger partial charge < -0.3 is 39.5 Å². The molecular weight excluding hydrogens is 622 g/mol. The highest BCUT2D eigenvalue weighted by Gasteiger charge is 2.71. The number of hydrogen-bond acceptors (Lipinski definition) is 9. The minimum absolute atomic E-state index is 0. The number of carbonyl (C=O) groups is 3. The zero-order chi connectivity index (χ0) is 33.8. The number of carboxylic acids is 1. The van der Waals surface area contributed by atoms with Crippen molar-refractivity contribution in [2.24, 2.45) is 11.8 Å². The van der Waals surface area contributed by atoms with Crippen LogP contribution in [0.1, 0.15) is 65.4 Å². The summed E-state index contributed by atoms with van der Waals surface area (Å²) in [6.45, 7) is 10.5. The second-order valence-corrected chi connectivity index (χ2v) is 14.5. The maximum absolute atomic E-state index is 13.5. The molecule has 1 aromatic carbocycles. The number of carbonyl (C=O) groups excluding carboxylic acids is 2. The minimum Gasteiger partial charge on any atom is -0.493 e. The van der Waals surface area contributed by atoms with Crippen molar-refractivity contribution in [3.8, 4) is 11.5 Å². The van der Waals surface area contributed by atoms with E-state index >= 15 is 0 Å². The van der Waals surface area contributed by atoms with Gasteiger partial charge in [0.2, 0.25) is 5.91 Å². The topological polar surface area (TPSA) is 170 Å². The number of rotatable bonds is 3. The smallest absolute Gasteiger partial charge is 0.411 e. The molecule has 5 fully saturated rings. The van der Waals surface area contributed by atoms with E-state index < -0.39 is 23.7 Å². The number of aliphatic carboxylic acids is 1. The third-order valence-corrected chi connectivity index (χ3v) is 11.0. The van der Waals surface area contributed by atoms with E-state index in [1.165, 1.54) is 16.9 Å². The van der Waals surface area contributed by atoms with Gasteiger partial charge in [-0.3, -0.25) is 14.6 Å². The molecule has 13 heteroatoms. The SMILES string of the molecule is CC(C)(C)OC(=O)N1CCC[C@H]1C(=O)O.CCO.COc1cc2c(cc1OC)[C@@]13CCN4CC5=CCO[C@H]6CC(=O)N2[C@H]1[C@H]6[C@H]5C[C@H]43.O. The summed E-state index contributed by atoms with van der Waals surface area (Å²) >= 11 is 0. The van der Waals surface area contributed by atoms with E-state index in [4.69, 9.17) is 29.2 Å². The molecule has 13 nitrogen and oxygen atoms in total. The standard InChI is InChI=1S/C23H26N2O4.C10H17NO4.C2H6O.H2O/c1-27-16-8-14-15(9-17(16)28-2)25-20(26)10-18-21-13-7-19-23(14,22(21)25)4-5-24(19)11-12(13)3-6-29-18;1-10(2,3)15-9(14)11-6-4-5-7(11)8(12)13;1-2-3;/h3,8-9,13,18-19,21-22H,4-7,10-11H2,1-2H3;7H,4-6H2,1-3H3,(H,12,13);3H,2H2,1H3;1H2/t13-,18-,19-,21-,22-,23+;7-;;/m00../s1. The highest BCUT2D eigenvalue weighted by molar-refractivity contribution is 5.99. The van der Waals surface area contributed by atoms with Gasteiger partial charge in [-0.05, 0) is 77.5 Å². The van der Waals surface area contributed by atoms with E-state index in [1.807, 2.05) is 6.07 Å². The first-order chi connectivity index (χ1) is 22.4. The number of aliphatic hydroxyl groups excluding tert-OH is 1. The Morgan fingerprint density at radius 1 is 1.12 bits per heavy atom. The molecule has 7 atom stereocenters. The van der Waals surface area contributed by atoms with Crippen LogP contribution in [0, 0.1) is 11.8 Å². The zero-order valence-corrected chi connectivity index (χ0v) is 28.9. The molecule has 8 rings (SSSR count). The Morgan fingerprint density at radius 3 is 2.46 bits per heavy atom. The fraction of sp³-hybridized carbons (Fsp3) is 0.686. The second kappa shape index (κ2) is 13.5. The highest BCUT2D eigenvalue weighted by Crippen LogP contribution is 2.66. The van der Waals surface area contributed by atoms with Crippen molar-refractivity contribution in [1.29, 1.82) is 0 Å². The number of anilines is 1. The highest BCUT2D eigenvalue weighted by atomic mass is 16.6. The molecule has 1 aromatic rings. The van der Waals surface area contributed by atoms with Crippen LogP contribution in [0.5, 0.6) is 11.5 Å². The van der Waals surface area contributed by atoms with Gasteiger partial charge >= 0.3 is 12.1 Å². The van der Waals surface area contributed by atoms with Gasteiger partial charge in [-0.2, -0.15) is 0 Å². The molecule has 6 heterocycles. The summed E-state index contributed by atoms with van der Waals surface area (Å²) in [4.78, 5) is 42.0.